The first kappa shape index (κ1) is 21.6. The Morgan fingerprint density at radius 3 is 2.66 bits per heavy atom. The largest absolute Gasteiger partial charge is 0.356 e. The van der Waals surface area contributed by atoms with Gasteiger partial charge in [0, 0.05) is 29.9 Å². The standard InChI is InChI=1S/C19H21ClN4O3S2/c1-11-16(8-9-21-13(3)25)12(2)24-18(22-11)17(19(23-24)28-4)29(26,27)15-7-5-6-14(20)10-15/h5-7,10H,8-9H2,1-4H3,(H,21,25). The Kier molecular flexibility index (Phi) is 6.21. The van der Waals surface area contributed by atoms with Gasteiger partial charge in [0.05, 0.1) is 4.90 Å². The summed E-state index contributed by atoms with van der Waals surface area (Å²) in [5.41, 5.74) is 2.71. The predicted octanol–water partition coefficient (Wildman–Crippen LogP) is 3.23. The first-order valence-electron chi connectivity index (χ1n) is 8.84. The van der Waals surface area contributed by atoms with E-state index in [1.165, 1.54) is 30.8 Å². The Hall–Kier alpha value is -2.10. The molecule has 7 nitrogen and oxygen atoms in total. The number of amides is 1. The molecule has 0 unspecified atom stereocenters. The zero-order valence-electron chi connectivity index (χ0n) is 16.5. The van der Waals surface area contributed by atoms with Crippen molar-refractivity contribution in [2.24, 2.45) is 0 Å². The Morgan fingerprint density at radius 2 is 2.03 bits per heavy atom. The lowest BCUT2D eigenvalue weighted by Crippen LogP contribution is -2.23. The highest BCUT2D eigenvalue weighted by atomic mass is 35.5. The molecule has 0 atom stereocenters. The molecular weight excluding hydrogens is 432 g/mol. The van der Waals surface area contributed by atoms with Crippen molar-refractivity contribution in [1.29, 1.82) is 0 Å². The summed E-state index contributed by atoms with van der Waals surface area (Å²) >= 11 is 7.26. The van der Waals surface area contributed by atoms with Crippen molar-refractivity contribution in [3.05, 3.63) is 46.2 Å². The number of aryl methyl sites for hydroxylation is 2. The van der Waals surface area contributed by atoms with E-state index in [0.29, 0.717) is 28.7 Å². The van der Waals surface area contributed by atoms with E-state index in [2.05, 4.69) is 15.4 Å². The van der Waals surface area contributed by atoms with Crippen LogP contribution in [-0.4, -0.2) is 41.7 Å². The van der Waals surface area contributed by atoms with Crippen LogP contribution < -0.4 is 5.32 Å². The fourth-order valence-corrected chi connectivity index (χ4v) is 5.86. The fourth-order valence-electron chi connectivity index (χ4n) is 3.17. The Morgan fingerprint density at radius 1 is 1.31 bits per heavy atom. The van der Waals surface area contributed by atoms with Gasteiger partial charge in [0.15, 0.2) is 10.5 Å². The minimum absolute atomic E-state index is 0.0758. The number of nitrogens with one attached hydrogen (secondary N) is 1. The lowest BCUT2D eigenvalue weighted by molar-refractivity contribution is -0.118. The van der Waals surface area contributed by atoms with Gasteiger partial charge in [-0.3, -0.25) is 4.79 Å². The van der Waals surface area contributed by atoms with Gasteiger partial charge in [0.1, 0.15) is 5.03 Å². The molecule has 1 aromatic carbocycles. The Balaban J connectivity index is 2.20. The smallest absolute Gasteiger partial charge is 0.216 e. The maximum absolute atomic E-state index is 13.4. The Labute approximate surface area is 178 Å². The van der Waals surface area contributed by atoms with E-state index < -0.39 is 9.84 Å². The van der Waals surface area contributed by atoms with Crippen LogP contribution in [0.1, 0.15) is 23.9 Å². The summed E-state index contributed by atoms with van der Waals surface area (Å²) in [6.45, 7) is 5.64. The van der Waals surface area contributed by atoms with E-state index >= 15 is 0 Å². The molecular formula is C19H21ClN4O3S2. The van der Waals surface area contributed by atoms with Crippen molar-refractivity contribution in [3.8, 4) is 0 Å². The van der Waals surface area contributed by atoms with E-state index in [-0.39, 0.29) is 21.3 Å². The molecule has 10 heteroatoms. The third-order valence-electron chi connectivity index (χ3n) is 4.57. The molecule has 29 heavy (non-hydrogen) atoms. The number of aromatic nitrogens is 3. The van der Waals surface area contributed by atoms with Gasteiger partial charge in [0.25, 0.3) is 0 Å². The van der Waals surface area contributed by atoms with E-state index in [1.807, 2.05) is 13.8 Å². The van der Waals surface area contributed by atoms with Crippen LogP contribution in [0.15, 0.2) is 39.1 Å². The van der Waals surface area contributed by atoms with E-state index in [4.69, 9.17) is 11.6 Å². The fraction of sp³-hybridized carbons (Fsp3) is 0.316. The van der Waals surface area contributed by atoms with Gasteiger partial charge in [-0.25, -0.2) is 17.9 Å². The summed E-state index contributed by atoms with van der Waals surface area (Å²) in [4.78, 5) is 15.9. The zero-order chi connectivity index (χ0) is 21.3. The number of thioether (sulfide) groups is 1. The van der Waals surface area contributed by atoms with Crippen molar-refractivity contribution in [3.63, 3.8) is 0 Å². The second-order valence-corrected chi connectivity index (χ2v) is 9.65. The number of fused-ring (bicyclic) bond motifs is 1. The molecule has 0 spiro atoms. The molecule has 0 aliphatic carbocycles. The second-order valence-electron chi connectivity index (χ2n) is 6.53. The third-order valence-corrected chi connectivity index (χ3v) is 7.40. The van der Waals surface area contributed by atoms with Gasteiger partial charge in [-0.15, -0.1) is 11.8 Å². The normalized spacial score (nSPS) is 11.8. The number of hydrogen-bond donors (Lipinski definition) is 1. The number of hydrogen-bond acceptors (Lipinski definition) is 6. The summed E-state index contributed by atoms with van der Waals surface area (Å²) in [7, 11) is -3.87. The maximum Gasteiger partial charge on any atom is 0.216 e. The molecule has 0 aliphatic rings. The van der Waals surface area contributed by atoms with E-state index in [1.54, 1.807) is 22.9 Å². The quantitative estimate of drug-likeness (QED) is 0.577. The summed E-state index contributed by atoms with van der Waals surface area (Å²) in [6.07, 6.45) is 2.35. The van der Waals surface area contributed by atoms with Crippen molar-refractivity contribution in [2.45, 2.75) is 42.0 Å². The number of rotatable bonds is 6. The predicted molar refractivity (Wildman–Crippen MR) is 114 cm³/mol. The maximum atomic E-state index is 13.4. The average molecular weight is 453 g/mol. The lowest BCUT2D eigenvalue weighted by atomic mass is 10.1. The summed E-state index contributed by atoms with van der Waals surface area (Å²) in [5, 5.41) is 7.99. The first-order chi connectivity index (χ1) is 13.7. The minimum atomic E-state index is -3.87. The highest BCUT2D eigenvalue weighted by Gasteiger charge is 2.30. The molecule has 0 saturated carbocycles. The van der Waals surface area contributed by atoms with Crippen LogP contribution in [0.25, 0.3) is 5.65 Å². The number of benzene rings is 1. The van der Waals surface area contributed by atoms with Crippen LogP contribution in [0.4, 0.5) is 0 Å². The van der Waals surface area contributed by atoms with Crippen molar-refractivity contribution < 1.29 is 13.2 Å². The van der Waals surface area contributed by atoms with Crippen molar-refractivity contribution in [1.82, 2.24) is 19.9 Å². The van der Waals surface area contributed by atoms with Crippen LogP contribution in [0.3, 0.4) is 0 Å². The number of sulfone groups is 1. The van der Waals surface area contributed by atoms with Crippen molar-refractivity contribution in [2.75, 3.05) is 12.8 Å². The van der Waals surface area contributed by atoms with Crippen LogP contribution in [-0.2, 0) is 21.1 Å². The van der Waals surface area contributed by atoms with Gasteiger partial charge in [-0.05, 0) is 50.3 Å². The number of carbonyl (C=O) groups is 1. The first-order valence-corrected chi connectivity index (χ1v) is 11.9. The van der Waals surface area contributed by atoms with Crippen molar-refractivity contribution >= 4 is 44.8 Å². The molecule has 1 N–H and O–H groups in total. The van der Waals surface area contributed by atoms with Crippen LogP contribution in [0.5, 0.6) is 0 Å². The molecule has 3 rings (SSSR count). The van der Waals surface area contributed by atoms with Gasteiger partial charge in [-0.2, -0.15) is 5.10 Å². The molecule has 154 valence electrons. The van der Waals surface area contributed by atoms with E-state index in [0.717, 1.165) is 11.3 Å². The van der Waals surface area contributed by atoms with E-state index in [9.17, 15) is 13.2 Å². The summed E-state index contributed by atoms with van der Waals surface area (Å²) in [5.74, 6) is -0.104. The highest BCUT2D eigenvalue weighted by Crippen LogP contribution is 2.34. The summed E-state index contributed by atoms with van der Waals surface area (Å²) in [6, 6.07) is 6.16. The van der Waals surface area contributed by atoms with Crippen LogP contribution >= 0.6 is 23.4 Å². The van der Waals surface area contributed by atoms with Gasteiger partial charge < -0.3 is 5.32 Å². The molecule has 0 saturated heterocycles. The van der Waals surface area contributed by atoms with Crippen LogP contribution in [0.2, 0.25) is 5.02 Å². The average Bonchev–Trinajstić information content (AvgIpc) is 3.03. The summed E-state index contributed by atoms with van der Waals surface area (Å²) < 4.78 is 28.3. The third kappa shape index (κ3) is 4.12. The second kappa shape index (κ2) is 8.33. The SMILES string of the molecule is CSc1nn2c(C)c(CCNC(C)=O)c(C)nc2c1S(=O)(=O)c1cccc(Cl)c1. The molecule has 0 fully saturated rings. The zero-order valence-corrected chi connectivity index (χ0v) is 18.9. The molecule has 0 radical (unpaired) electrons. The van der Waals surface area contributed by atoms with Gasteiger partial charge >= 0.3 is 0 Å². The topological polar surface area (TPSA) is 93.4 Å². The molecule has 1 amide bonds. The minimum Gasteiger partial charge on any atom is -0.356 e. The molecule has 0 aliphatic heterocycles. The van der Waals surface area contributed by atoms with Gasteiger partial charge in [0.2, 0.25) is 15.7 Å². The lowest BCUT2D eigenvalue weighted by Gasteiger charge is -2.12. The number of nitrogens with zero attached hydrogens (tertiary/aromatic N) is 3. The molecule has 0 bridgehead atoms. The van der Waals surface area contributed by atoms with Crippen LogP contribution in [0, 0.1) is 13.8 Å². The molecule has 3 aromatic rings. The Bertz CT molecular complexity index is 1210. The number of carbonyl (C=O) groups excluding carboxylic acids is 1. The monoisotopic (exact) mass is 452 g/mol. The highest BCUT2D eigenvalue weighted by molar-refractivity contribution is 7.99. The molecule has 2 aromatic heterocycles. The molecule has 2 heterocycles. The van der Waals surface area contributed by atoms with Gasteiger partial charge in [-0.1, -0.05) is 17.7 Å². The number of halogens is 1.